The molecule has 0 atom stereocenters. The van der Waals surface area contributed by atoms with Gasteiger partial charge in [0.1, 0.15) is 17.3 Å². The van der Waals surface area contributed by atoms with Gasteiger partial charge in [-0.3, -0.25) is 5.32 Å². The number of hydrogen-bond donors (Lipinski definition) is 2. The van der Waals surface area contributed by atoms with Crippen LogP contribution in [0, 0.1) is 0 Å². The minimum Gasteiger partial charge on any atom is -0.457 e. The van der Waals surface area contributed by atoms with Crippen molar-refractivity contribution in [3.05, 3.63) is 41.6 Å². The lowest BCUT2D eigenvalue weighted by Gasteiger charge is -2.26. The van der Waals surface area contributed by atoms with Crippen LogP contribution in [0.2, 0.25) is 5.02 Å². The number of aromatic nitrogens is 1. The van der Waals surface area contributed by atoms with Gasteiger partial charge in [0.25, 0.3) is 0 Å². The number of rotatable bonds is 3. The minimum atomic E-state index is -0.130. The van der Waals surface area contributed by atoms with E-state index in [4.69, 9.17) is 22.1 Å². The Kier molecular flexibility index (Phi) is 5.05. The number of nitrogens with two attached hydrogens (primary N) is 1. The van der Waals surface area contributed by atoms with E-state index < -0.39 is 0 Å². The predicted octanol–water partition coefficient (Wildman–Crippen LogP) is 4.13. The minimum absolute atomic E-state index is 0.130. The predicted molar refractivity (Wildman–Crippen MR) is 94.6 cm³/mol. The molecule has 3 rings (SSSR count). The van der Waals surface area contributed by atoms with Crippen LogP contribution in [-0.4, -0.2) is 29.0 Å². The van der Waals surface area contributed by atoms with Crippen LogP contribution in [0.15, 0.2) is 36.5 Å². The average molecular weight is 347 g/mol. The number of anilines is 2. The summed E-state index contributed by atoms with van der Waals surface area (Å²) < 4.78 is 5.74. The number of halogens is 1. The van der Waals surface area contributed by atoms with E-state index in [-0.39, 0.29) is 6.03 Å². The lowest BCUT2D eigenvalue weighted by molar-refractivity contribution is 0.200. The first-order valence-corrected chi connectivity index (χ1v) is 8.24. The third kappa shape index (κ3) is 4.08. The van der Waals surface area contributed by atoms with E-state index in [1.807, 2.05) is 0 Å². The summed E-state index contributed by atoms with van der Waals surface area (Å²) in [7, 11) is 0. The maximum Gasteiger partial charge on any atom is 0.323 e. The molecular formula is C17H19ClN4O2. The first-order chi connectivity index (χ1) is 11.6. The number of hydrogen-bond acceptors (Lipinski definition) is 4. The van der Waals surface area contributed by atoms with E-state index in [0.29, 0.717) is 28.0 Å². The molecule has 0 spiro atoms. The molecule has 0 saturated carbocycles. The Balaban J connectivity index is 1.67. The topological polar surface area (TPSA) is 80.5 Å². The van der Waals surface area contributed by atoms with Crippen LogP contribution in [0.25, 0.3) is 0 Å². The molecule has 3 N–H and O–H groups in total. The van der Waals surface area contributed by atoms with Crippen molar-refractivity contribution >= 4 is 29.1 Å². The van der Waals surface area contributed by atoms with Gasteiger partial charge in [-0.25, -0.2) is 9.78 Å². The van der Waals surface area contributed by atoms with Crippen molar-refractivity contribution in [3.8, 4) is 11.5 Å². The van der Waals surface area contributed by atoms with Crippen LogP contribution >= 0.6 is 11.6 Å². The second-order valence-electron chi connectivity index (χ2n) is 5.64. The van der Waals surface area contributed by atoms with Gasteiger partial charge in [0, 0.05) is 31.4 Å². The molecule has 1 saturated heterocycles. The fourth-order valence-electron chi connectivity index (χ4n) is 2.54. The molecule has 0 bridgehead atoms. The number of likely N-dealkylation sites (tertiary alicyclic amines) is 1. The zero-order valence-electron chi connectivity index (χ0n) is 13.2. The maximum atomic E-state index is 12.2. The average Bonchev–Trinajstić information content (AvgIpc) is 2.59. The van der Waals surface area contributed by atoms with Gasteiger partial charge in [0.2, 0.25) is 0 Å². The smallest absolute Gasteiger partial charge is 0.323 e. The van der Waals surface area contributed by atoms with E-state index in [1.165, 1.54) is 6.42 Å². The Hall–Kier alpha value is -2.47. The Labute approximate surface area is 145 Å². The second kappa shape index (κ2) is 7.40. The lowest BCUT2D eigenvalue weighted by atomic mass is 10.1. The summed E-state index contributed by atoms with van der Waals surface area (Å²) in [5, 5.41) is 3.24. The molecule has 1 fully saturated rings. The summed E-state index contributed by atoms with van der Waals surface area (Å²) in [5.74, 6) is 1.57. The van der Waals surface area contributed by atoms with Crippen LogP contribution in [-0.2, 0) is 0 Å². The third-order valence-corrected chi connectivity index (χ3v) is 4.14. The zero-order valence-corrected chi connectivity index (χ0v) is 13.9. The molecule has 2 amide bonds. The van der Waals surface area contributed by atoms with Crippen LogP contribution < -0.4 is 15.8 Å². The quantitative estimate of drug-likeness (QED) is 0.819. The number of amides is 2. The fourth-order valence-corrected chi connectivity index (χ4v) is 2.71. The molecule has 1 aliphatic rings. The lowest BCUT2D eigenvalue weighted by Crippen LogP contribution is -2.38. The highest BCUT2D eigenvalue weighted by Gasteiger charge is 2.16. The number of nitrogens with one attached hydrogen (secondary N) is 1. The van der Waals surface area contributed by atoms with Gasteiger partial charge < -0.3 is 15.4 Å². The molecular weight excluding hydrogens is 328 g/mol. The Morgan fingerprint density at radius 3 is 2.67 bits per heavy atom. The van der Waals surface area contributed by atoms with Crippen LogP contribution in [0.1, 0.15) is 19.3 Å². The Morgan fingerprint density at radius 1 is 1.17 bits per heavy atom. The van der Waals surface area contributed by atoms with Crippen molar-refractivity contribution in [2.45, 2.75) is 19.3 Å². The first-order valence-electron chi connectivity index (χ1n) is 7.87. The molecule has 2 aromatic rings. The van der Waals surface area contributed by atoms with Crippen LogP contribution in [0.3, 0.4) is 0 Å². The van der Waals surface area contributed by atoms with Gasteiger partial charge >= 0.3 is 6.03 Å². The molecule has 24 heavy (non-hydrogen) atoms. The highest BCUT2D eigenvalue weighted by atomic mass is 35.5. The molecule has 126 valence electrons. The number of nitrogen functional groups attached to an aromatic ring is 1. The summed E-state index contributed by atoms with van der Waals surface area (Å²) in [5.41, 5.74) is 6.18. The monoisotopic (exact) mass is 346 g/mol. The number of carbonyl (C=O) groups excluding carboxylic acids is 1. The van der Waals surface area contributed by atoms with Crippen molar-refractivity contribution in [1.82, 2.24) is 9.88 Å². The van der Waals surface area contributed by atoms with Crippen molar-refractivity contribution in [1.29, 1.82) is 0 Å². The van der Waals surface area contributed by atoms with Gasteiger partial charge in [-0.05, 0) is 37.5 Å². The summed E-state index contributed by atoms with van der Waals surface area (Å²) in [6.07, 6.45) is 4.85. The molecule has 1 aliphatic heterocycles. The van der Waals surface area contributed by atoms with Gasteiger partial charge in [-0.2, -0.15) is 0 Å². The van der Waals surface area contributed by atoms with Gasteiger partial charge in [-0.15, -0.1) is 0 Å². The number of nitrogens with zero attached hydrogens (tertiary/aromatic N) is 2. The van der Waals surface area contributed by atoms with E-state index in [1.54, 1.807) is 41.4 Å². The van der Waals surface area contributed by atoms with E-state index in [0.717, 1.165) is 25.9 Å². The van der Waals surface area contributed by atoms with Gasteiger partial charge in [0.05, 0.1) is 10.7 Å². The number of benzene rings is 1. The molecule has 6 nitrogen and oxygen atoms in total. The Morgan fingerprint density at radius 2 is 1.92 bits per heavy atom. The van der Waals surface area contributed by atoms with E-state index in [2.05, 4.69) is 10.3 Å². The molecule has 2 heterocycles. The van der Waals surface area contributed by atoms with Gasteiger partial charge in [0.15, 0.2) is 0 Å². The van der Waals surface area contributed by atoms with Crippen molar-refractivity contribution in [3.63, 3.8) is 0 Å². The zero-order chi connectivity index (χ0) is 16.9. The Bertz CT molecular complexity index is 732. The van der Waals surface area contributed by atoms with Crippen molar-refractivity contribution < 1.29 is 9.53 Å². The summed E-state index contributed by atoms with van der Waals surface area (Å²) in [6, 6.07) is 8.30. The molecule has 0 unspecified atom stereocenters. The molecule has 7 heteroatoms. The maximum absolute atomic E-state index is 12.2. The third-order valence-electron chi connectivity index (χ3n) is 3.82. The largest absolute Gasteiger partial charge is 0.457 e. The normalized spacial score (nSPS) is 14.3. The number of pyridine rings is 1. The van der Waals surface area contributed by atoms with Crippen LogP contribution in [0.5, 0.6) is 11.5 Å². The SMILES string of the molecule is Nc1ccc(Oc2ccnc(NC(=O)N3CCCCC3)c2)cc1Cl. The molecule has 0 aliphatic carbocycles. The number of piperidine rings is 1. The number of urea groups is 1. The van der Waals surface area contributed by atoms with Crippen molar-refractivity contribution in [2.75, 3.05) is 24.1 Å². The summed E-state index contributed by atoms with van der Waals surface area (Å²) in [4.78, 5) is 18.2. The first kappa shape index (κ1) is 16.4. The molecule has 0 radical (unpaired) electrons. The number of carbonyl (C=O) groups is 1. The van der Waals surface area contributed by atoms with E-state index >= 15 is 0 Å². The van der Waals surface area contributed by atoms with Crippen molar-refractivity contribution in [2.24, 2.45) is 0 Å². The molecule has 1 aromatic heterocycles. The summed E-state index contributed by atoms with van der Waals surface area (Å²) in [6.45, 7) is 1.57. The standard InChI is InChI=1S/C17H19ClN4O2/c18-14-10-12(4-5-15(14)19)24-13-6-7-20-16(11-13)21-17(23)22-8-2-1-3-9-22/h4-7,10-11H,1-3,8-9,19H2,(H,20,21,23). The van der Waals surface area contributed by atoms with Crippen LogP contribution in [0.4, 0.5) is 16.3 Å². The number of ether oxygens (including phenoxy) is 1. The highest BCUT2D eigenvalue weighted by Crippen LogP contribution is 2.28. The molecule has 1 aromatic carbocycles. The summed E-state index contributed by atoms with van der Waals surface area (Å²) >= 11 is 5.99. The highest BCUT2D eigenvalue weighted by molar-refractivity contribution is 6.33. The second-order valence-corrected chi connectivity index (χ2v) is 6.05. The fraction of sp³-hybridized carbons (Fsp3) is 0.294. The van der Waals surface area contributed by atoms with Gasteiger partial charge in [-0.1, -0.05) is 11.6 Å². The van der Waals surface area contributed by atoms with E-state index in [9.17, 15) is 4.79 Å².